The van der Waals surface area contributed by atoms with Crippen LogP contribution < -0.4 is 5.56 Å². The van der Waals surface area contributed by atoms with Crippen LogP contribution in [0, 0.1) is 6.92 Å². The fourth-order valence-corrected chi connectivity index (χ4v) is 3.47. The summed E-state index contributed by atoms with van der Waals surface area (Å²) in [4.78, 5) is 38.8. The highest BCUT2D eigenvalue weighted by atomic mass is 16.5. The van der Waals surface area contributed by atoms with Crippen LogP contribution in [0.1, 0.15) is 23.2 Å². The number of aryl methyl sites for hydroxylation is 1. The molecule has 4 rings (SSSR count). The van der Waals surface area contributed by atoms with Crippen LogP contribution in [0.5, 0.6) is 0 Å². The SMILES string of the molecule is C/C=C/Cn1cc(-c2cnc(C(=O)N3CCOCC3)nc2)c2cc(C)[nH]c2c1=O. The molecule has 8 heteroatoms. The van der Waals surface area contributed by atoms with Gasteiger partial charge in [0.05, 0.1) is 13.2 Å². The van der Waals surface area contributed by atoms with Crippen molar-refractivity contribution >= 4 is 16.8 Å². The largest absolute Gasteiger partial charge is 0.378 e. The average molecular weight is 393 g/mol. The summed E-state index contributed by atoms with van der Waals surface area (Å²) in [5.41, 5.74) is 2.98. The van der Waals surface area contributed by atoms with Gasteiger partial charge >= 0.3 is 0 Å². The number of morpholine rings is 1. The van der Waals surface area contributed by atoms with Crippen molar-refractivity contribution in [3.8, 4) is 11.1 Å². The number of pyridine rings is 1. The highest BCUT2D eigenvalue weighted by Gasteiger charge is 2.21. The normalized spacial score (nSPS) is 14.8. The van der Waals surface area contributed by atoms with Crippen LogP contribution >= 0.6 is 0 Å². The molecule has 1 N–H and O–H groups in total. The van der Waals surface area contributed by atoms with E-state index in [1.165, 1.54) is 0 Å². The number of aromatic nitrogens is 4. The monoisotopic (exact) mass is 393 g/mol. The summed E-state index contributed by atoms with van der Waals surface area (Å²) in [6, 6.07) is 1.94. The van der Waals surface area contributed by atoms with Gasteiger partial charge in [-0.1, -0.05) is 12.2 Å². The molecule has 1 amide bonds. The molecule has 0 aromatic carbocycles. The number of ether oxygens (including phenoxy) is 1. The van der Waals surface area contributed by atoms with Crippen molar-refractivity contribution in [2.24, 2.45) is 0 Å². The molecule has 0 aliphatic carbocycles. The Morgan fingerprint density at radius 3 is 2.69 bits per heavy atom. The molecule has 0 atom stereocenters. The van der Waals surface area contributed by atoms with E-state index in [-0.39, 0.29) is 17.3 Å². The highest BCUT2D eigenvalue weighted by Crippen LogP contribution is 2.26. The minimum atomic E-state index is -0.194. The summed E-state index contributed by atoms with van der Waals surface area (Å²) in [5, 5.41) is 0.820. The van der Waals surface area contributed by atoms with Gasteiger partial charge in [0.1, 0.15) is 5.52 Å². The zero-order chi connectivity index (χ0) is 20.4. The van der Waals surface area contributed by atoms with Crippen molar-refractivity contribution in [3.63, 3.8) is 0 Å². The summed E-state index contributed by atoms with van der Waals surface area (Å²) < 4.78 is 6.94. The van der Waals surface area contributed by atoms with Crippen molar-refractivity contribution < 1.29 is 9.53 Å². The Morgan fingerprint density at radius 2 is 2.00 bits per heavy atom. The molecular formula is C21H23N5O3. The van der Waals surface area contributed by atoms with Crippen molar-refractivity contribution in [1.29, 1.82) is 0 Å². The third kappa shape index (κ3) is 3.71. The van der Waals surface area contributed by atoms with Crippen LogP contribution in [-0.4, -0.2) is 56.6 Å². The molecule has 0 bridgehead atoms. The predicted molar refractivity (Wildman–Crippen MR) is 110 cm³/mol. The first-order chi connectivity index (χ1) is 14.1. The number of amides is 1. The number of carbonyl (C=O) groups is 1. The lowest BCUT2D eigenvalue weighted by molar-refractivity contribution is 0.0295. The number of rotatable bonds is 4. The average Bonchev–Trinajstić information content (AvgIpc) is 3.15. The van der Waals surface area contributed by atoms with Gasteiger partial charge in [-0.15, -0.1) is 0 Å². The van der Waals surface area contributed by atoms with Crippen molar-refractivity contribution in [1.82, 2.24) is 24.4 Å². The lowest BCUT2D eigenvalue weighted by atomic mass is 10.1. The predicted octanol–water partition coefficient (Wildman–Crippen LogP) is 2.14. The number of aromatic amines is 1. The zero-order valence-corrected chi connectivity index (χ0v) is 16.5. The number of hydrogen-bond acceptors (Lipinski definition) is 5. The van der Waals surface area contributed by atoms with Gasteiger partial charge in [0, 0.05) is 60.4 Å². The molecular weight excluding hydrogens is 370 g/mol. The van der Waals surface area contributed by atoms with Crippen LogP contribution in [-0.2, 0) is 11.3 Å². The maximum Gasteiger partial charge on any atom is 0.291 e. The Morgan fingerprint density at radius 1 is 1.28 bits per heavy atom. The van der Waals surface area contributed by atoms with E-state index in [1.54, 1.807) is 21.9 Å². The summed E-state index contributed by atoms with van der Waals surface area (Å²) in [6.45, 7) is 6.46. The summed E-state index contributed by atoms with van der Waals surface area (Å²) >= 11 is 0. The maximum absolute atomic E-state index is 12.8. The number of nitrogens with zero attached hydrogens (tertiary/aromatic N) is 4. The lowest BCUT2D eigenvalue weighted by Crippen LogP contribution is -2.41. The second-order valence-electron chi connectivity index (χ2n) is 7.01. The number of H-pyrrole nitrogens is 1. The molecule has 0 radical (unpaired) electrons. The van der Waals surface area contributed by atoms with E-state index < -0.39 is 0 Å². The van der Waals surface area contributed by atoms with Gasteiger partial charge in [-0.05, 0) is 19.9 Å². The molecule has 1 aliphatic heterocycles. The summed E-state index contributed by atoms with van der Waals surface area (Å²) in [6.07, 6.45) is 8.93. The van der Waals surface area contributed by atoms with E-state index in [0.717, 1.165) is 22.2 Å². The molecule has 1 fully saturated rings. The van der Waals surface area contributed by atoms with Crippen molar-refractivity contribution in [2.75, 3.05) is 26.3 Å². The van der Waals surface area contributed by atoms with Crippen molar-refractivity contribution in [3.05, 3.63) is 58.7 Å². The second kappa shape index (κ2) is 8.00. The second-order valence-corrected chi connectivity index (χ2v) is 7.01. The molecule has 3 aromatic heterocycles. The molecule has 8 nitrogen and oxygen atoms in total. The third-order valence-electron chi connectivity index (χ3n) is 4.99. The smallest absolute Gasteiger partial charge is 0.291 e. The van der Waals surface area contributed by atoms with Crippen molar-refractivity contribution in [2.45, 2.75) is 20.4 Å². The minimum Gasteiger partial charge on any atom is -0.378 e. The fourth-order valence-electron chi connectivity index (χ4n) is 3.47. The first-order valence-corrected chi connectivity index (χ1v) is 9.62. The molecule has 4 heterocycles. The number of nitrogens with one attached hydrogen (secondary N) is 1. The van der Waals surface area contributed by atoms with Crippen LogP contribution in [0.3, 0.4) is 0 Å². The summed E-state index contributed by atoms with van der Waals surface area (Å²) in [7, 11) is 0. The quantitative estimate of drug-likeness (QED) is 0.686. The van der Waals surface area contributed by atoms with E-state index in [0.29, 0.717) is 38.4 Å². The number of carbonyl (C=O) groups excluding carboxylic acids is 1. The van der Waals surface area contributed by atoms with Crippen LogP contribution in [0.2, 0.25) is 0 Å². The van der Waals surface area contributed by atoms with Gasteiger partial charge in [0.25, 0.3) is 11.5 Å². The van der Waals surface area contributed by atoms with E-state index in [1.807, 2.05) is 38.3 Å². The van der Waals surface area contributed by atoms with E-state index >= 15 is 0 Å². The molecule has 0 unspecified atom stereocenters. The molecule has 1 saturated heterocycles. The molecule has 0 saturated carbocycles. The van der Waals surface area contributed by atoms with E-state index in [9.17, 15) is 9.59 Å². The Kier molecular flexibility index (Phi) is 5.26. The maximum atomic E-state index is 12.8. The minimum absolute atomic E-state index is 0.0741. The van der Waals surface area contributed by atoms with Crippen LogP contribution in [0.4, 0.5) is 0 Å². The van der Waals surface area contributed by atoms with Gasteiger partial charge in [-0.2, -0.15) is 0 Å². The molecule has 150 valence electrons. The standard InChI is InChI=1S/C21H23N5O3/c1-3-4-5-26-13-17(16-10-14(2)24-18(16)20(26)27)15-11-22-19(23-12-15)21(28)25-6-8-29-9-7-25/h3-4,10-13,24H,5-9H2,1-2H3/b4-3+. The third-order valence-corrected chi connectivity index (χ3v) is 4.99. The first kappa shape index (κ1) is 19.1. The summed E-state index contributed by atoms with van der Waals surface area (Å²) in [5.74, 6) is -0.0279. The van der Waals surface area contributed by atoms with Gasteiger partial charge in [-0.3, -0.25) is 9.59 Å². The first-order valence-electron chi connectivity index (χ1n) is 9.62. The molecule has 3 aromatic rings. The van der Waals surface area contributed by atoms with Gasteiger partial charge in [0.15, 0.2) is 0 Å². The van der Waals surface area contributed by atoms with Crippen LogP contribution in [0.15, 0.2) is 41.6 Å². The zero-order valence-electron chi connectivity index (χ0n) is 16.5. The highest BCUT2D eigenvalue weighted by molar-refractivity contribution is 5.95. The Bertz CT molecular complexity index is 1120. The molecule has 0 spiro atoms. The van der Waals surface area contributed by atoms with E-state index in [2.05, 4.69) is 15.0 Å². The van der Waals surface area contributed by atoms with Gasteiger partial charge < -0.3 is 19.2 Å². The van der Waals surface area contributed by atoms with E-state index in [4.69, 9.17) is 4.74 Å². The Balaban J connectivity index is 1.73. The van der Waals surface area contributed by atoms with Gasteiger partial charge in [-0.25, -0.2) is 9.97 Å². The van der Waals surface area contributed by atoms with Gasteiger partial charge in [0.2, 0.25) is 5.82 Å². The molecule has 29 heavy (non-hydrogen) atoms. The topological polar surface area (TPSA) is 93.1 Å². The lowest BCUT2D eigenvalue weighted by Gasteiger charge is -2.26. The number of fused-ring (bicyclic) bond motifs is 1. The van der Waals surface area contributed by atoms with Crippen LogP contribution in [0.25, 0.3) is 22.0 Å². The number of allylic oxidation sites excluding steroid dienone is 2. The molecule has 1 aliphatic rings. The number of hydrogen-bond donors (Lipinski definition) is 1. The Hall–Kier alpha value is -3.26. The Labute approximate surface area is 167 Å². The fraction of sp³-hybridized carbons (Fsp3) is 0.333.